The Labute approximate surface area is 85.3 Å². The third-order valence-electron chi connectivity index (χ3n) is 2.08. The van der Waals surface area contributed by atoms with Crippen molar-refractivity contribution in [3.63, 3.8) is 0 Å². The van der Waals surface area contributed by atoms with E-state index in [-0.39, 0.29) is 0 Å². The number of anilines is 2. The van der Waals surface area contributed by atoms with Crippen LogP contribution in [0.25, 0.3) is 0 Å². The Morgan fingerprint density at radius 3 is 2.86 bits per heavy atom. The average molecular weight is 194 g/mol. The van der Waals surface area contributed by atoms with Crippen LogP contribution in [-0.2, 0) is 4.74 Å². The monoisotopic (exact) mass is 194 g/mol. The highest BCUT2D eigenvalue weighted by atomic mass is 16.5. The lowest BCUT2D eigenvalue weighted by molar-refractivity contribution is 0.190. The molecule has 1 rings (SSSR count). The van der Waals surface area contributed by atoms with E-state index in [0.717, 1.165) is 11.4 Å². The highest BCUT2D eigenvalue weighted by Crippen LogP contribution is 2.18. The highest BCUT2D eigenvalue weighted by Gasteiger charge is 2.03. The molecule has 0 aliphatic rings. The molecule has 0 saturated heterocycles. The van der Waals surface area contributed by atoms with Gasteiger partial charge in [-0.25, -0.2) is 0 Å². The second kappa shape index (κ2) is 4.86. The van der Waals surface area contributed by atoms with Crippen LogP contribution in [0.2, 0.25) is 0 Å². The molecule has 1 unspecified atom stereocenters. The summed E-state index contributed by atoms with van der Waals surface area (Å²) in [6.07, 6.45) is 0. The number of ether oxygens (including phenoxy) is 1. The summed E-state index contributed by atoms with van der Waals surface area (Å²) in [5, 5.41) is 3.35. The maximum Gasteiger partial charge on any atom is 0.0661 e. The van der Waals surface area contributed by atoms with Crippen LogP contribution in [-0.4, -0.2) is 19.8 Å². The summed E-state index contributed by atoms with van der Waals surface area (Å²) >= 11 is 0. The lowest BCUT2D eigenvalue weighted by atomic mass is 10.1. The molecule has 0 aliphatic heterocycles. The van der Waals surface area contributed by atoms with E-state index in [2.05, 4.69) is 19.2 Å². The maximum atomic E-state index is 5.71. The molecule has 0 saturated carbocycles. The minimum atomic E-state index is 0.292. The highest BCUT2D eigenvalue weighted by molar-refractivity contribution is 5.59. The van der Waals surface area contributed by atoms with E-state index in [1.807, 2.05) is 18.2 Å². The molecule has 0 aromatic heterocycles. The van der Waals surface area contributed by atoms with Crippen molar-refractivity contribution in [1.29, 1.82) is 0 Å². The van der Waals surface area contributed by atoms with Crippen molar-refractivity contribution in [2.24, 2.45) is 0 Å². The molecule has 3 nitrogen and oxygen atoms in total. The lowest BCUT2D eigenvalue weighted by Gasteiger charge is -2.16. The van der Waals surface area contributed by atoms with Gasteiger partial charge in [-0.2, -0.15) is 0 Å². The Morgan fingerprint density at radius 1 is 1.50 bits per heavy atom. The number of aryl methyl sites for hydroxylation is 1. The first-order chi connectivity index (χ1) is 6.63. The molecular weight excluding hydrogens is 176 g/mol. The minimum absolute atomic E-state index is 0.292. The topological polar surface area (TPSA) is 47.3 Å². The van der Waals surface area contributed by atoms with Crippen LogP contribution in [0, 0.1) is 6.92 Å². The molecule has 0 heterocycles. The maximum absolute atomic E-state index is 5.71. The van der Waals surface area contributed by atoms with Crippen molar-refractivity contribution in [1.82, 2.24) is 0 Å². The van der Waals surface area contributed by atoms with Crippen LogP contribution < -0.4 is 11.1 Å². The van der Waals surface area contributed by atoms with Gasteiger partial charge >= 0.3 is 0 Å². The molecule has 0 fully saturated rings. The summed E-state index contributed by atoms with van der Waals surface area (Å²) in [4.78, 5) is 0. The molecule has 1 atom stereocenters. The fraction of sp³-hybridized carbons (Fsp3) is 0.455. The summed E-state index contributed by atoms with van der Waals surface area (Å²) in [5.74, 6) is 0. The first-order valence-corrected chi connectivity index (χ1v) is 4.75. The predicted molar refractivity (Wildman–Crippen MR) is 60.6 cm³/mol. The van der Waals surface area contributed by atoms with Crippen molar-refractivity contribution < 1.29 is 4.74 Å². The summed E-state index contributed by atoms with van der Waals surface area (Å²) < 4.78 is 5.05. The van der Waals surface area contributed by atoms with Crippen LogP contribution in [0.4, 0.5) is 11.4 Å². The first kappa shape index (κ1) is 10.9. The summed E-state index contributed by atoms with van der Waals surface area (Å²) in [7, 11) is 1.70. The van der Waals surface area contributed by atoms with Gasteiger partial charge in [0.25, 0.3) is 0 Å². The summed E-state index contributed by atoms with van der Waals surface area (Å²) in [5.41, 5.74) is 8.76. The Hall–Kier alpha value is -1.22. The molecule has 14 heavy (non-hydrogen) atoms. The molecule has 1 aromatic carbocycles. The molecule has 3 heteroatoms. The van der Waals surface area contributed by atoms with Gasteiger partial charge in [0.2, 0.25) is 0 Å². The fourth-order valence-corrected chi connectivity index (χ4v) is 1.35. The molecule has 0 spiro atoms. The van der Waals surface area contributed by atoms with Crippen molar-refractivity contribution >= 4 is 11.4 Å². The second-order valence-electron chi connectivity index (χ2n) is 3.58. The van der Waals surface area contributed by atoms with Gasteiger partial charge < -0.3 is 15.8 Å². The average Bonchev–Trinajstić information content (AvgIpc) is 2.12. The molecule has 0 aliphatic carbocycles. The van der Waals surface area contributed by atoms with Crippen molar-refractivity contribution in [3.05, 3.63) is 23.8 Å². The van der Waals surface area contributed by atoms with Gasteiger partial charge in [-0.3, -0.25) is 0 Å². The van der Waals surface area contributed by atoms with Gasteiger partial charge in [0, 0.05) is 24.5 Å². The largest absolute Gasteiger partial charge is 0.399 e. The number of methoxy groups -OCH3 is 1. The molecule has 0 radical (unpaired) electrons. The van der Waals surface area contributed by atoms with Crippen molar-refractivity contribution in [3.8, 4) is 0 Å². The van der Waals surface area contributed by atoms with Crippen LogP contribution >= 0.6 is 0 Å². The standard InChI is InChI=1S/C11H18N2O/c1-8-4-5-10(12)6-11(8)13-9(2)7-14-3/h4-6,9,13H,7,12H2,1-3H3. The van der Waals surface area contributed by atoms with E-state index in [1.165, 1.54) is 5.56 Å². The smallest absolute Gasteiger partial charge is 0.0661 e. The van der Waals surface area contributed by atoms with E-state index < -0.39 is 0 Å². The van der Waals surface area contributed by atoms with E-state index in [0.29, 0.717) is 12.6 Å². The number of nitrogens with two attached hydrogens (primary N) is 1. The predicted octanol–water partition coefficient (Wildman–Crippen LogP) is 2.02. The minimum Gasteiger partial charge on any atom is -0.399 e. The van der Waals surface area contributed by atoms with Crippen LogP contribution in [0.3, 0.4) is 0 Å². The number of hydrogen-bond donors (Lipinski definition) is 2. The van der Waals surface area contributed by atoms with Crippen LogP contribution in [0.1, 0.15) is 12.5 Å². The van der Waals surface area contributed by atoms with Crippen LogP contribution in [0.5, 0.6) is 0 Å². The van der Waals surface area contributed by atoms with E-state index in [1.54, 1.807) is 7.11 Å². The van der Waals surface area contributed by atoms with Crippen LogP contribution in [0.15, 0.2) is 18.2 Å². The Bertz CT molecular complexity index is 299. The fourth-order valence-electron chi connectivity index (χ4n) is 1.35. The molecule has 78 valence electrons. The second-order valence-corrected chi connectivity index (χ2v) is 3.58. The van der Waals surface area contributed by atoms with Crippen molar-refractivity contribution in [2.75, 3.05) is 24.8 Å². The lowest BCUT2D eigenvalue weighted by Crippen LogP contribution is -2.21. The molecule has 3 N–H and O–H groups in total. The number of rotatable bonds is 4. The zero-order chi connectivity index (χ0) is 10.6. The third-order valence-corrected chi connectivity index (χ3v) is 2.08. The van der Waals surface area contributed by atoms with E-state index in [4.69, 9.17) is 10.5 Å². The van der Waals surface area contributed by atoms with Gasteiger partial charge in [-0.15, -0.1) is 0 Å². The number of hydrogen-bond acceptors (Lipinski definition) is 3. The van der Waals surface area contributed by atoms with Gasteiger partial charge in [0.15, 0.2) is 0 Å². The molecular formula is C11H18N2O. The summed E-state index contributed by atoms with van der Waals surface area (Å²) in [6, 6.07) is 6.15. The third kappa shape index (κ3) is 2.92. The molecule has 0 bridgehead atoms. The zero-order valence-corrected chi connectivity index (χ0v) is 9.00. The van der Waals surface area contributed by atoms with Gasteiger partial charge in [0.1, 0.15) is 0 Å². The Morgan fingerprint density at radius 2 is 2.21 bits per heavy atom. The number of nitrogen functional groups attached to an aromatic ring is 1. The normalized spacial score (nSPS) is 12.5. The number of nitrogens with one attached hydrogen (secondary N) is 1. The zero-order valence-electron chi connectivity index (χ0n) is 9.00. The quantitative estimate of drug-likeness (QED) is 0.721. The van der Waals surface area contributed by atoms with E-state index in [9.17, 15) is 0 Å². The van der Waals surface area contributed by atoms with Gasteiger partial charge in [0.05, 0.1) is 6.61 Å². The summed E-state index contributed by atoms with van der Waals surface area (Å²) in [6.45, 7) is 4.82. The van der Waals surface area contributed by atoms with Gasteiger partial charge in [-0.05, 0) is 31.5 Å². The van der Waals surface area contributed by atoms with Crippen molar-refractivity contribution in [2.45, 2.75) is 19.9 Å². The Kier molecular flexibility index (Phi) is 3.77. The molecule has 0 amide bonds. The van der Waals surface area contributed by atoms with E-state index >= 15 is 0 Å². The SMILES string of the molecule is COCC(C)Nc1cc(N)ccc1C. The molecule has 1 aromatic rings. The first-order valence-electron chi connectivity index (χ1n) is 4.75. The number of benzene rings is 1. The van der Waals surface area contributed by atoms with Gasteiger partial charge in [-0.1, -0.05) is 6.07 Å². The Balaban J connectivity index is 2.70.